The van der Waals surface area contributed by atoms with E-state index in [-0.39, 0.29) is 5.43 Å². The number of aromatic nitrogens is 1. The van der Waals surface area contributed by atoms with Gasteiger partial charge < -0.3 is 4.57 Å². The van der Waals surface area contributed by atoms with Gasteiger partial charge in [0.05, 0.1) is 0 Å². The fraction of sp³-hybridized carbons (Fsp3) is 0.353. The van der Waals surface area contributed by atoms with E-state index in [0.29, 0.717) is 0 Å². The number of hydrogen-bond acceptors (Lipinski definition) is 1. The lowest BCUT2D eigenvalue weighted by Crippen LogP contribution is -2.08. The fourth-order valence-corrected chi connectivity index (χ4v) is 2.43. The summed E-state index contributed by atoms with van der Waals surface area (Å²) in [5.41, 5.74) is 4.92. The molecule has 0 spiro atoms. The Labute approximate surface area is 114 Å². The van der Waals surface area contributed by atoms with Crippen LogP contribution in [0.5, 0.6) is 0 Å². The maximum atomic E-state index is 11.4. The number of hydrogen-bond donors (Lipinski definition) is 0. The molecule has 0 aliphatic rings. The molecule has 0 aliphatic heterocycles. The molecule has 1 aromatic heterocycles. The minimum atomic E-state index is 0.0635. The van der Waals surface area contributed by atoms with Crippen molar-refractivity contribution in [2.75, 3.05) is 0 Å². The number of benzene rings is 1. The number of nitrogens with zero attached hydrogens (tertiary/aromatic N) is 1. The van der Waals surface area contributed by atoms with Gasteiger partial charge in [0.25, 0.3) is 0 Å². The van der Waals surface area contributed by atoms with Crippen molar-refractivity contribution in [1.82, 2.24) is 4.57 Å². The van der Waals surface area contributed by atoms with E-state index in [1.54, 1.807) is 12.1 Å². The summed E-state index contributed by atoms with van der Waals surface area (Å²) in [6.07, 6.45) is 5.41. The van der Waals surface area contributed by atoms with Crippen LogP contribution in [0.15, 0.2) is 41.3 Å². The van der Waals surface area contributed by atoms with Crippen LogP contribution in [0.25, 0.3) is 5.69 Å². The molecule has 2 heteroatoms. The standard InChI is InChI=1S/C17H21NO/c1-4-5-7-15-8-6-9-17(14(15)3)18-11-10-16(19)12-13(18)2/h6,8-12H,4-5,7H2,1-3H3. The van der Waals surface area contributed by atoms with Gasteiger partial charge in [0.2, 0.25) is 0 Å². The first-order valence-electron chi connectivity index (χ1n) is 6.91. The van der Waals surface area contributed by atoms with Gasteiger partial charge in [0.1, 0.15) is 0 Å². The fourth-order valence-electron chi connectivity index (χ4n) is 2.43. The summed E-state index contributed by atoms with van der Waals surface area (Å²) in [5, 5.41) is 0. The van der Waals surface area contributed by atoms with Gasteiger partial charge in [-0.3, -0.25) is 4.79 Å². The third-order valence-corrected chi connectivity index (χ3v) is 3.60. The van der Waals surface area contributed by atoms with Crippen molar-refractivity contribution >= 4 is 0 Å². The first kappa shape index (κ1) is 13.6. The highest BCUT2D eigenvalue weighted by molar-refractivity contribution is 5.46. The Kier molecular flexibility index (Phi) is 4.20. The Bertz CT molecular complexity index is 625. The highest BCUT2D eigenvalue weighted by Crippen LogP contribution is 2.20. The molecule has 0 amide bonds. The lowest BCUT2D eigenvalue weighted by Gasteiger charge is -2.16. The van der Waals surface area contributed by atoms with Gasteiger partial charge in [0.15, 0.2) is 5.43 Å². The Hall–Kier alpha value is -1.83. The number of pyridine rings is 1. The van der Waals surface area contributed by atoms with Crippen LogP contribution >= 0.6 is 0 Å². The molecule has 0 N–H and O–H groups in total. The zero-order valence-electron chi connectivity index (χ0n) is 11.9. The molecule has 0 aliphatic carbocycles. The highest BCUT2D eigenvalue weighted by Gasteiger charge is 2.06. The molecule has 2 nitrogen and oxygen atoms in total. The molecular formula is C17H21NO. The highest BCUT2D eigenvalue weighted by atomic mass is 16.1. The van der Waals surface area contributed by atoms with Crippen LogP contribution in [-0.4, -0.2) is 4.57 Å². The predicted molar refractivity (Wildman–Crippen MR) is 80.1 cm³/mol. The maximum absolute atomic E-state index is 11.4. The second-order valence-corrected chi connectivity index (χ2v) is 5.04. The van der Waals surface area contributed by atoms with Gasteiger partial charge in [-0.05, 0) is 43.9 Å². The van der Waals surface area contributed by atoms with Gasteiger partial charge >= 0.3 is 0 Å². The molecule has 0 atom stereocenters. The van der Waals surface area contributed by atoms with Crippen molar-refractivity contribution in [3.05, 3.63) is 63.6 Å². The van der Waals surface area contributed by atoms with Crippen LogP contribution in [0.4, 0.5) is 0 Å². The molecule has 100 valence electrons. The first-order valence-corrected chi connectivity index (χ1v) is 6.91. The molecule has 1 heterocycles. The Morgan fingerprint density at radius 2 is 1.95 bits per heavy atom. The summed E-state index contributed by atoms with van der Waals surface area (Å²) in [7, 11) is 0. The zero-order chi connectivity index (χ0) is 13.8. The van der Waals surface area contributed by atoms with Crippen molar-refractivity contribution in [1.29, 1.82) is 0 Å². The summed E-state index contributed by atoms with van der Waals surface area (Å²) < 4.78 is 2.09. The van der Waals surface area contributed by atoms with E-state index >= 15 is 0 Å². The minimum absolute atomic E-state index is 0.0635. The van der Waals surface area contributed by atoms with Crippen molar-refractivity contribution in [3.63, 3.8) is 0 Å². The van der Waals surface area contributed by atoms with Crippen molar-refractivity contribution < 1.29 is 0 Å². The predicted octanol–water partition coefficient (Wildman–Crippen LogP) is 3.80. The molecule has 1 aromatic carbocycles. The molecule has 0 radical (unpaired) electrons. The molecule has 2 rings (SSSR count). The van der Waals surface area contributed by atoms with E-state index in [0.717, 1.165) is 12.1 Å². The monoisotopic (exact) mass is 255 g/mol. The van der Waals surface area contributed by atoms with Crippen molar-refractivity contribution in [3.8, 4) is 5.69 Å². The number of unbranched alkanes of at least 4 members (excludes halogenated alkanes) is 1. The molecule has 2 aromatic rings. The molecule has 19 heavy (non-hydrogen) atoms. The molecule has 0 saturated heterocycles. The molecule has 0 unspecified atom stereocenters. The summed E-state index contributed by atoms with van der Waals surface area (Å²) in [4.78, 5) is 11.4. The van der Waals surface area contributed by atoms with Gasteiger partial charge in [-0.1, -0.05) is 25.5 Å². The lowest BCUT2D eigenvalue weighted by atomic mass is 10.0. The number of aryl methyl sites for hydroxylation is 2. The zero-order valence-corrected chi connectivity index (χ0v) is 11.9. The van der Waals surface area contributed by atoms with E-state index in [4.69, 9.17) is 0 Å². The van der Waals surface area contributed by atoms with Crippen molar-refractivity contribution in [2.45, 2.75) is 40.0 Å². The minimum Gasteiger partial charge on any atom is -0.321 e. The Morgan fingerprint density at radius 1 is 1.16 bits per heavy atom. The summed E-state index contributed by atoms with van der Waals surface area (Å²) in [6.45, 7) is 6.35. The average Bonchev–Trinajstić information content (AvgIpc) is 2.38. The van der Waals surface area contributed by atoms with Crippen molar-refractivity contribution in [2.24, 2.45) is 0 Å². The quantitative estimate of drug-likeness (QED) is 0.814. The third kappa shape index (κ3) is 2.95. The first-order chi connectivity index (χ1) is 9.13. The summed E-state index contributed by atoms with van der Waals surface area (Å²) in [5.74, 6) is 0. The molecule has 0 fully saturated rings. The normalized spacial score (nSPS) is 10.7. The van der Waals surface area contributed by atoms with E-state index in [1.165, 1.54) is 29.7 Å². The second kappa shape index (κ2) is 5.87. The van der Waals surface area contributed by atoms with Crippen LogP contribution in [-0.2, 0) is 6.42 Å². The largest absolute Gasteiger partial charge is 0.321 e. The van der Waals surface area contributed by atoms with Crippen LogP contribution in [0.3, 0.4) is 0 Å². The Morgan fingerprint density at radius 3 is 2.63 bits per heavy atom. The average molecular weight is 255 g/mol. The van der Waals surface area contributed by atoms with Gasteiger partial charge in [0, 0.05) is 29.7 Å². The third-order valence-electron chi connectivity index (χ3n) is 3.60. The molecular weight excluding hydrogens is 234 g/mol. The van der Waals surface area contributed by atoms with E-state index in [1.807, 2.05) is 13.1 Å². The second-order valence-electron chi connectivity index (χ2n) is 5.04. The van der Waals surface area contributed by atoms with Gasteiger partial charge in [-0.2, -0.15) is 0 Å². The topological polar surface area (TPSA) is 22.0 Å². The van der Waals surface area contributed by atoms with E-state index in [9.17, 15) is 4.79 Å². The SMILES string of the molecule is CCCCc1cccc(-n2ccc(=O)cc2C)c1C. The maximum Gasteiger partial charge on any atom is 0.181 e. The van der Waals surface area contributed by atoms with E-state index in [2.05, 4.69) is 36.6 Å². The van der Waals surface area contributed by atoms with E-state index < -0.39 is 0 Å². The van der Waals surface area contributed by atoms with Crippen LogP contribution in [0.2, 0.25) is 0 Å². The van der Waals surface area contributed by atoms with Crippen LogP contribution in [0.1, 0.15) is 36.6 Å². The summed E-state index contributed by atoms with van der Waals surface area (Å²) >= 11 is 0. The molecule has 0 bridgehead atoms. The van der Waals surface area contributed by atoms with Gasteiger partial charge in [-0.15, -0.1) is 0 Å². The lowest BCUT2D eigenvalue weighted by molar-refractivity contribution is 0.789. The Balaban J connectivity index is 2.47. The van der Waals surface area contributed by atoms with Crippen LogP contribution < -0.4 is 5.43 Å². The number of rotatable bonds is 4. The summed E-state index contributed by atoms with van der Waals surface area (Å²) in [6, 6.07) is 9.71. The smallest absolute Gasteiger partial charge is 0.181 e. The van der Waals surface area contributed by atoms with Gasteiger partial charge in [-0.25, -0.2) is 0 Å². The molecule has 0 saturated carbocycles. The van der Waals surface area contributed by atoms with Crippen LogP contribution in [0, 0.1) is 13.8 Å².